The molecule has 3 rings (SSSR count). The maximum atomic E-state index is 12.6. The molecule has 0 fully saturated rings. The summed E-state index contributed by atoms with van der Waals surface area (Å²) < 4.78 is 1.88. The number of hydrogen-bond acceptors (Lipinski definition) is 4. The highest BCUT2D eigenvalue weighted by Crippen LogP contribution is 2.24. The predicted molar refractivity (Wildman–Crippen MR) is 120 cm³/mol. The second kappa shape index (κ2) is 9.90. The van der Waals surface area contributed by atoms with Crippen molar-refractivity contribution in [2.45, 2.75) is 26.9 Å². The van der Waals surface area contributed by atoms with Crippen LogP contribution >= 0.6 is 11.3 Å². The normalized spacial score (nSPS) is 11.3. The van der Waals surface area contributed by atoms with Crippen LogP contribution < -0.4 is 5.32 Å². The lowest BCUT2D eigenvalue weighted by molar-refractivity contribution is -0.131. The molecule has 0 radical (unpaired) electrons. The van der Waals surface area contributed by atoms with Gasteiger partial charge in [-0.05, 0) is 37.4 Å². The van der Waals surface area contributed by atoms with Crippen LogP contribution in [-0.4, -0.2) is 34.4 Å². The molecule has 0 aliphatic rings. The van der Waals surface area contributed by atoms with Crippen molar-refractivity contribution in [1.82, 2.24) is 14.8 Å². The smallest absolute Gasteiger partial charge is 0.262 e. The van der Waals surface area contributed by atoms with E-state index in [4.69, 9.17) is 0 Å². The number of rotatable bonds is 8. The zero-order chi connectivity index (χ0) is 21.5. The van der Waals surface area contributed by atoms with E-state index in [1.54, 1.807) is 22.3 Å². The first-order valence-electron chi connectivity index (χ1n) is 9.85. The molecule has 0 aliphatic carbocycles. The van der Waals surface area contributed by atoms with Gasteiger partial charge in [0, 0.05) is 40.6 Å². The molecule has 0 saturated heterocycles. The number of fused-ring (bicyclic) bond motifs is 1. The molecule has 7 heteroatoms. The second-order valence-corrected chi connectivity index (χ2v) is 7.76. The molecule has 0 atom stereocenters. The predicted octanol–water partition coefficient (Wildman–Crippen LogP) is 3.79. The average Bonchev–Trinajstić information content (AvgIpc) is 3.40. The van der Waals surface area contributed by atoms with Gasteiger partial charge in [0.2, 0.25) is 5.91 Å². The number of benzene rings is 1. The van der Waals surface area contributed by atoms with Crippen molar-refractivity contribution >= 4 is 40.1 Å². The average molecular weight is 421 g/mol. The number of nitriles is 1. The van der Waals surface area contributed by atoms with Crippen LogP contribution in [0.4, 0.5) is 0 Å². The SMILES string of the molecule is CCN(CC)C(=O)Cn1cc(/C=C(\C#N)C(=O)NCc2cccs2)c2ccccc21. The van der Waals surface area contributed by atoms with E-state index in [0.29, 0.717) is 19.6 Å². The van der Waals surface area contributed by atoms with Crippen LogP contribution in [0.3, 0.4) is 0 Å². The van der Waals surface area contributed by atoms with E-state index in [1.165, 1.54) is 0 Å². The molecule has 2 heterocycles. The lowest BCUT2D eigenvalue weighted by Crippen LogP contribution is -2.33. The van der Waals surface area contributed by atoms with Gasteiger partial charge in [-0.15, -0.1) is 11.3 Å². The quantitative estimate of drug-likeness (QED) is 0.445. The number of amides is 2. The van der Waals surface area contributed by atoms with Crippen LogP contribution in [0.5, 0.6) is 0 Å². The molecule has 1 N–H and O–H groups in total. The van der Waals surface area contributed by atoms with Crippen molar-refractivity contribution < 1.29 is 9.59 Å². The summed E-state index contributed by atoms with van der Waals surface area (Å²) in [6.45, 7) is 5.82. The monoisotopic (exact) mass is 420 g/mol. The van der Waals surface area contributed by atoms with Crippen molar-refractivity contribution in [3.63, 3.8) is 0 Å². The Morgan fingerprint density at radius 3 is 2.63 bits per heavy atom. The maximum Gasteiger partial charge on any atom is 0.262 e. The molecule has 6 nitrogen and oxygen atoms in total. The number of aromatic nitrogens is 1. The van der Waals surface area contributed by atoms with Crippen molar-refractivity contribution in [3.05, 3.63) is 64.0 Å². The number of nitrogens with zero attached hydrogens (tertiary/aromatic N) is 3. The number of nitrogens with one attached hydrogen (secondary N) is 1. The summed E-state index contributed by atoms with van der Waals surface area (Å²) >= 11 is 1.55. The number of carbonyl (C=O) groups is 2. The highest BCUT2D eigenvalue weighted by Gasteiger charge is 2.15. The summed E-state index contributed by atoms with van der Waals surface area (Å²) in [6.07, 6.45) is 3.42. The van der Waals surface area contributed by atoms with Crippen LogP contribution in [0, 0.1) is 11.3 Å². The number of carbonyl (C=O) groups excluding carboxylic acids is 2. The molecule has 0 saturated carbocycles. The first kappa shape index (κ1) is 21.3. The summed E-state index contributed by atoms with van der Waals surface area (Å²) in [7, 11) is 0. The first-order valence-corrected chi connectivity index (χ1v) is 10.7. The molecular weight excluding hydrogens is 396 g/mol. The van der Waals surface area contributed by atoms with E-state index in [2.05, 4.69) is 5.32 Å². The lowest BCUT2D eigenvalue weighted by Gasteiger charge is -2.19. The largest absolute Gasteiger partial charge is 0.347 e. The summed E-state index contributed by atoms with van der Waals surface area (Å²) in [5, 5.41) is 15.2. The van der Waals surface area contributed by atoms with Crippen LogP contribution in [0.15, 0.2) is 53.5 Å². The summed E-state index contributed by atoms with van der Waals surface area (Å²) in [6, 6.07) is 13.5. The van der Waals surface area contributed by atoms with Gasteiger partial charge < -0.3 is 14.8 Å². The molecule has 154 valence electrons. The van der Waals surface area contributed by atoms with Crippen LogP contribution in [0.25, 0.3) is 17.0 Å². The minimum Gasteiger partial charge on any atom is -0.347 e. The topological polar surface area (TPSA) is 78.1 Å². The van der Waals surface area contributed by atoms with Crippen LogP contribution in [-0.2, 0) is 22.7 Å². The Labute approximate surface area is 180 Å². The highest BCUT2D eigenvalue weighted by molar-refractivity contribution is 7.09. The van der Waals surface area contributed by atoms with Crippen molar-refractivity contribution in [2.24, 2.45) is 0 Å². The third-order valence-electron chi connectivity index (χ3n) is 4.91. The number of hydrogen-bond donors (Lipinski definition) is 1. The molecule has 0 spiro atoms. The highest BCUT2D eigenvalue weighted by atomic mass is 32.1. The Balaban J connectivity index is 1.88. The molecule has 2 amide bonds. The summed E-state index contributed by atoms with van der Waals surface area (Å²) in [5.41, 5.74) is 1.66. The third-order valence-corrected chi connectivity index (χ3v) is 5.79. The summed E-state index contributed by atoms with van der Waals surface area (Å²) in [5.74, 6) is -0.382. The van der Waals surface area contributed by atoms with Gasteiger partial charge in [-0.1, -0.05) is 24.3 Å². The number of para-hydroxylation sites is 1. The van der Waals surface area contributed by atoms with E-state index in [-0.39, 0.29) is 18.0 Å². The van der Waals surface area contributed by atoms with Gasteiger partial charge in [0.15, 0.2) is 0 Å². The Bertz CT molecular complexity index is 1100. The molecule has 0 aliphatic heterocycles. The third kappa shape index (κ3) is 4.78. The number of likely N-dealkylation sites (N-methyl/N-ethyl adjacent to an activating group) is 1. The van der Waals surface area contributed by atoms with Crippen LogP contribution in [0.2, 0.25) is 0 Å². The van der Waals surface area contributed by atoms with Crippen LogP contribution in [0.1, 0.15) is 24.3 Å². The first-order chi connectivity index (χ1) is 14.6. The van der Waals surface area contributed by atoms with Gasteiger partial charge in [-0.2, -0.15) is 5.26 Å². The van der Waals surface area contributed by atoms with Crippen molar-refractivity contribution in [2.75, 3.05) is 13.1 Å². The van der Waals surface area contributed by atoms with Gasteiger partial charge in [-0.3, -0.25) is 9.59 Å². The van der Waals surface area contributed by atoms with E-state index in [0.717, 1.165) is 21.3 Å². The molecule has 0 bridgehead atoms. The molecular formula is C23H24N4O2S. The Morgan fingerprint density at radius 2 is 1.97 bits per heavy atom. The van der Waals surface area contributed by atoms with Gasteiger partial charge in [-0.25, -0.2) is 0 Å². The molecule has 30 heavy (non-hydrogen) atoms. The minimum absolute atomic E-state index is 0.0320. The van der Waals surface area contributed by atoms with E-state index >= 15 is 0 Å². The van der Waals surface area contributed by atoms with Gasteiger partial charge in [0.05, 0.1) is 6.54 Å². The van der Waals surface area contributed by atoms with Crippen molar-refractivity contribution in [1.29, 1.82) is 5.26 Å². The summed E-state index contributed by atoms with van der Waals surface area (Å²) in [4.78, 5) is 27.9. The van der Waals surface area contributed by atoms with E-state index < -0.39 is 5.91 Å². The van der Waals surface area contributed by atoms with Gasteiger partial charge >= 0.3 is 0 Å². The molecule has 0 unspecified atom stereocenters. The Kier molecular flexibility index (Phi) is 7.04. The standard InChI is InChI=1S/C23H24N4O2S/c1-3-26(4-2)22(28)16-27-15-18(20-9-5-6-10-21(20)27)12-17(13-24)23(29)25-14-19-8-7-11-30-19/h5-12,15H,3-4,14,16H2,1-2H3,(H,25,29)/b17-12+. The van der Waals surface area contributed by atoms with Crippen molar-refractivity contribution in [3.8, 4) is 6.07 Å². The van der Waals surface area contributed by atoms with E-state index in [9.17, 15) is 14.9 Å². The fourth-order valence-electron chi connectivity index (χ4n) is 3.32. The minimum atomic E-state index is -0.415. The fourth-order valence-corrected chi connectivity index (χ4v) is 3.97. The zero-order valence-electron chi connectivity index (χ0n) is 17.1. The second-order valence-electron chi connectivity index (χ2n) is 6.73. The Morgan fingerprint density at radius 1 is 1.20 bits per heavy atom. The molecule has 1 aromatic carbocycles. The zero-order valence-corrected chi connectivity index (χ0v) is 17.9. The fraction of sp³-hybridized carbons (Fsp3) is 0.261. The lowest BCUT2D eigenvalue weighted by atomic mass is 10.1. The van der Waals surface area contributed by atoms with Gasteiger partial charge in [0.25, 0.3) is 5.91 Å². The molecule has 2 aromatic heterocycles. The number of thiophene rings is 1. The maximum absolute atomic E-state index is 12.6. The van der Waals surface area contributed by atoms with Gasteiger partial charge in [0.1, 0.15) is 18.2 Å². The molecule has 3 aromatic rings. The Hall–Kier alpha value is -3.37. The van der Waals surface area contributed by atoms with E-state index in [1.807, 2.05) is 72.5 Å².